The van der Waals surface area contributed by atoms with Gasteiger partial charge in [-0.05, 0) is 45.6 Å². The van der Waals surface area contributed by atoms with Crippen LogP contribution < -0.4 is 11.5 Å². The van der Waals surface area contributed by atoms with Crippen molar-refractivity contribution >= 4 is 17.9 Å². The second-order valence-electron chi connectivity index (χ2n) is 7.57. The van der Waals surface area contributed by atoms with E-state index in [2.05, 4.69) is 0 Å². The third kappa shape index (κ3) is 14.1. The number of hydrogen-bond acceptors (Lipinski definition) is 7. The summed E-state index contributed by atoms with van der Waals surface area (Å²) >= 11 is 0. The van der Waals surface area contributed by atoms with E-state index in [0.29, 0.717) is 19.3 Å². The molecule has 0 bridgehead atoms. The van der Waals surface area contributed by atoms with Gasteiger partial charge in [-0.2, -0.15) is 13.2 Å². The Morgan fingerprint density at radius 2 is 1.42 bits per heavy atom. The van der Waals surface area contributed by atoms with Crippen LogP contribution in [0.1, 0.15) is 45.6 Å². The maximum Gasteiger partial charge on any atom is 0.490 e. The van der Waals surface area contributed by atoms with E-state index < -0.39 is 41.8 Å². The average Bonchev–Trinajstić information content (AvgIpc) is 2.65. The Morgan fingerprint density at radius 3 is 1.84 bits per heavy atom. The molecule has 11 heteroatoms. The van der Waals surface area contributed by atoms with E-state index >= 15 is 0 Å². The highest BCUT2D eigenvalue weighted by molar-refractivity contribution is 5.76. The van der Waals surface area contributed by atoms with Crippen molar-refractivity contribution in [3.63, 3.8) is 0 Å². The summed E-state index contributed by atoms with van der Waals surface area (Å²) in [6.45, 7) is 5.56. The maximum atomic E-state index is 11.8. The first-order valence-electron chi connectivity index (χ1n) is 9.38. The quantitative estimate of drug-likeness (QED) is 0.513. The molecule has 0 aliphatic carbocycles. The largest absolute Gasteiger partial charge is 0.490 e. The summed E-state index contributed by atoms with van der Waals surface area (Å²) in [6.07, 6.45) is -3.72. The summed E-state index contributed by atoms with van der Waals surface area (Å²) in [4.78, 5) is 32.5. The molecule has 0 radical (unpaired) electrons. The predicted octanol–water partition coefficient (Wildman–Crippen LogP) is 2.53. The Labute approximate surface area is 178 Å². The summed E-state index contributed by atoms with van der Waals surface area (Å²) in [5.74, 6) is -3.65. The van der Waals surface area contributed by atoms with Crippen molar-refractivity contribution in [3.8, 4) is 0 Å². The van der Waals surface area contributed by atoms with Crippen LogP contribution in [0.4, 0.5) is 13.2 Å². The first kappa shape index (κ1) is 28.3. The molecule has 0 saturated carbocycles. The highest BCUT2D eigenvalue weighted by Crippen LogP contribution is 2.13. The van der Waals surface area contributed by atoms with Crippen LogP contribution in [0.5, 0.6) is 0 Å². The van der Waals surface area contributed by atoms with E-state index in [1.54, 1.807) is 20.8 Å². The molecule has 1 rings (SSSR count). The summed E-state index contributed by atoms with van der Waals surface area (Å²) < 4.78 is 42.1. The molecule has 2 atom stereocenters. The van der Waals surface area contributed by atoms with Gasteiger partial charge in [-0.25, -0.2) is 4.79 Å². The van der Waals surface area contributed by atoms with Crippen LogP contribution in [0.3, 0.4) is 0 Å². The lowest BCUT2D eigenvalue weighted by atomic mass is 10.1. The first-order chi connectivity index (χ1) is 14.1. The molecule has 1 unspecified atom stereocenters. The van der Waals surface area contributed by atoms with Gasteiger partial charge in [-0.1, -0.05) is 30.3 Å². The standard InChI is InChI=1S/C18H28N2O4.C2HF3O2/c1-18(2,3)24-17(22)15(20)11-7-10-14(19)16(21)23-12-13-8-5-4-6-9-13;3-2(4,5)1(6)7/h4-6,8-9,14-15H,7,10-12,19-20H2,1-3H3;(H,6,7)/t14?,15-;/m0./s1. The van der Waals surface area contributed by atoms with Crippen molar-refractivity contribution in [2.24, 2.45) is 11.5 Å². The number of halogens is 3. The molecule has 31 heavy (non-hydrogen) atoms. The minimum Gasteiger partial charge on any atom is -0.475 e. The van der Waals surface area contributed by atoms with Crippen LogP contribution in [0.25, 0.3) is 0 Å². The molecule has 0 aromatic heterocycles. The van der Waals surface area contributed by atoms with Crippen LogP contribution in [-0.2, 0) is 30.5 Å². The van der Waals surface area contributed by atoms with Crippen molar-refractivity contribution in [1.29, 1.82) is 0 Å². The molecular weight excluding hydrogens is 421 g/mol. The molecule has 0 fully saturated rings. The van der Waals surface area contributed by atoms with Crippen molar-refractivity contribution < 1.29 is 42.1 Å². The number of benzene rings is 1. The minimum atomic E-state index is -5.08. The number of carbonyl (C=O) groups excluding carboxylic acids is 2. The van der Waals surface area contributed by atoms with Crippen molar-refractivity contribution in [1.82, 2.24) is 0 Å². The lowest BCUT2D eigenvalue weighted by Gasteiger charge is -2.22. The molecule has 1 aromatic rings. The van der Waals surface area contributed by atoms with Crippen LogP contribution in [0.15, 0.2) is 30.3 Å². The lowest BCUT2D eigenvalue weighted by molar-refractivity contribution is -0.192. The zero-order valence-corrected chi connectivity index (χ0v) is 17.6. The number of carboxylic acid groups (broad SMARTS) is 1. The van der Waals surface area contributed by atoms with E-state index in [-0.39, 0.29) is 6.61 Å². The summed E-state index contributed by atoms with van der Waals surface area (Å²) in [5.41, 5.74) is 11.9. The molecule has 0 heterocycles. The van der Waals surface area contributed by atoms with E-state index in [9.17, 15) is 22.8 Å². The third-order valence-electron chi connectivity index (χ3n) is 3.51. The molecule has 0 aliphatic heterocycles. The van der Waals surface area contributed by atoms with Crippen LogP contribution >= 0.6 is 0 Å². The minimum absolute atomic E-state index is 0.199. The highest BCUT2D eigenvalue weighted by Gasteiger charge is 2.38. The first-order valence-corrected chi connectivity index (χ1v) is 9.38. The molecule has 8 nitrogen and oxygen atoms in total. The lowest BCUT2D eigenvalue weighted by Crippen LogP contribution is -2.38. The van der Waals surface area contributed by atoms with Crippen LogP contribution in [-0.4, -0.2) is 46.9 Å². The Kier molecular flexibility index (Phi) is 11.8. The molecule has 0 amide bonds. The van der Waals surface area contributed by atoms with Gasteiger partial charge in [0.1, 0.15) is 24.3 Å². The molecular formula is C20H29F3N2O6. The number of esters is 2. The van der Waals surface area contributed by atoms with Gasteiger partial charge in [0.05, 0.1) is 0 Å². The SMILES string of the molecule is CC(C)(C)OC(=O)[C@@H](N)CCCC(N)C(=O)OCc1ccccc1.O=C(O)C(F)(F)F. The smallest absolute Gasteiger partial charge is 0.475 e. The molecule has 0 spiro atoms. The average molecular weight is 450 g/mol. The Balaban J connectivity index is 0.00000110. The van der Waals surface area contributed by atoms with Crippen molar-refractivity contribution in [2.45, 2.75) is 70.5 Å². The van der Waals surface area contributed by atoms with Gasteiger partial charge < -0.3 is 26.0 Å². The van der Waals surface area contributed by atoms with Gasteiger partial charge in [0.25, 0.3) is 0 Å². The maximum absolute atomic E-state index is 11.8. The molecule has 176 valence electrons. The monoisotopic (exact) mass is 450 g/mol. The number of rotatable bonds is 8. The van der Waals surface area contributed by atoms with Gasteiger partial charge in [0.2, 0.25) is 0 Å². The predicted molar refractivity (Wildman–Crippen MR) is 106 cm³/mol. The van der Waals surface area contributed by atoms with E-state index in [1.807, 2.05) is 30.3 Å². The normalized spacial score (nSPS) is 13.3. The third-order valence-corrected chi connectivity index (χ3v) is 3.51. The highest BCUT2D eigenvalue weighted by atomic mass is 19.4. The van der Waals surface area contributed by atoms with Crippen molar-refractivity contribution in [3.05, 3.63) is 35.9 Å². The number of aliphatic carboxylic acids is 1. The number of nitrogens with two attached hydrogens (primary N) is 2. The van der Waals surface area contributed by atoms with E-state index in [0.717, 1.165) is 5.56 Å². The number of carbonyl (C=O) groups is 3. The zero-order valence-electron chi connectivity index (χ0n) is 17.6. The number of alkyl halides is 3. The molecule has 1 aromatic carbocycles. The fraction of sp³-hybridized carbons (Fsp3) is 0.550. The Bertz CT molecular complexity index is 705. The summed E-state index contributed by atoms with van der Waals surface area (Å²) in [6, 6.07) is 7.96. The summed E-state index contributed by atoms with van der Waals surface area (Å²) in [5, 5.41) is 7.12. The molecule has 0 saturated heterocycles. The van der Waals surface area contributed by atoms with Crippen LogP contribution in [0, 0.1) is 0 Å². The number of hydrogen-bond donors (Lipinski definition) is 3. The second kappa shape index (κ2) is 12.9. The number of carboxylic acids is 1. The number of ether oxygens (including phenoxy) is 2. The fourth-order valence-electron chi connectivity index (χ4n) is 2.01. The van der Waals surface area contributed by atoms with E-state index in [4.69, 9.17) is 30.8 Å². The Hall–Kier alpha value is -2.66. The van der Waals surface area contributed by atoms with Gasteiger partial charge in [0.15, 0.2) is 0 Å². The van der Waals surface area contributed by atoms with Gasteiger partial charge >= 0.3 is 24.1 Å². The summed E-state index contributed by atoms with van der Waals surface area (Å²) in [7, 11) is 0. The fourth-order valence-corrected chi connectivity index (χ4v) is 2.01. The van der Waals surface area contributed by atoms with E-state index in [1.165, 1.54) is 0 Å². The second-order valence-corrected chi connectivity index (χ2v) is 7.57. The van der Waals surface area contributed by atoms with Crippen molar-refractivity contribution in [2.75, 3.05) is 0 Å². The topological polar surface area (TPSA) is 142 Å². The van der Waals surface area contributed by atoms with Gasteiger partial charge in [-0.15, -0.1) is 0 Å². The van der Waals surface area contributed by atoms with Gasteiger partial charge in [-0.3, -0.25) is 9.59 Å². The Morgan fingerprint density at radius 1 is 0.968 bits per heavy atom. The van der Waals surface area contributed by atoms with Gasteiger partial charge in [0, 0.05) is 0 Å². The zero-order chi connectivity index (χ0) is 24.2. The van der Waals surface area contributed by atoms with Crippen LogP contribution in [0.2, 0.25) is 0 Å². The molecule has 0 aliphatic rings. The molecule has 5 N–H and O–H groups in total.